The van der Waals surface area contributed by atoms with Gasteiger partial charge in [-0.2, -0.15) is 13.4 Å². The lowest BCUT2D eigenvalue weighted by Crippen LogP contribution is -2.45. The number of aromatic hydroxyl groups is 1. The first-order valence-electron chi connectivity index (χ1n) is 16.7. The number of aromatic nitrogens is 3. The Morgan fingerprint density at radius 2 is 1.64 bits per heavy atom. The van der Waals surface area contributed by atoms with Gasteiger partial charge in [-0.05, 0) is 53.4 Å². The van der Waals surface area contributed by atoms with Crippen molar-refractivity contribution in [3.8, 4) is 5.75 Å². The zero-order valence-electron chi connectivity index (χ0n) is 31.0. The molecule has 3 aromatic carbocycles. The Kier molecular flexibility index (Phi) is 24.4. The number of phenolic OH excluding ortho intramolecular Hbond substituents is 1. The first-order valence-corrected chi connectivity index (χ1v) is 20.0. The van der Waals surface area contributed by atoms with Gasteiger partial charge < -0.3 is 27.2 Å². The average Bonchev–Trinajstić information content (AvgIpc) is 3.19. The number of rotatable bonds is 13. The Bertz CT molecular complexity index is 1880. The SMILES string of the molecule is CC.CC.CC.NCCN1CCNCC1.Nc1c(N=Nc2cc(Nc3ncnc(Cl)n3)ccc2SOOO)c(S(=O)(=O)O)cc2cc(SOOO)cc(O)c12. The summed E-state index contributed by atoms with van der Waals surface area (Å²) < 4.78 is 43.2. The number of nitrogens with zero attached hydrogens (tertiary/aromatic N) is 6. The number of nitrogen functional groups attached to an aromatic ring is 1. The highest BCUT2D eigenvalue weighted by Gasteiger charge is 2.23. The molecule has 1 fully saturated rings. The van der Waals surface area contributed by atoms with Gasteiger partial charge in [0.2, 0.25) is 11.2 Å². The number of halogens is 1. The first-order chi connectivity index (χ1) is 26.5. The third-order valence-electron chi connectivity index (χ3n) is 6.43. The molecule has 4 aromatic rings. The molecule has 55 heavy (non-hydrogen) atoms. The van der Waals surface area contributed by atoms with Crippen LogP contribution in [0.3, 0.4) is 0 Å². The van der Waals surface area contributed by atoms with E-state index in [1.807, 2.05) is 41.5 Å². The van der Waals surface area contributed by atoms with Gasteiger partial charge in [0.15, 0.2) is 0 Å². The van der Waals surface area contributed by atoms with Crippen LogP contribution >= 0.6 is 35.7 Å². The minimum Gasteiger partial charge on any atom is -0.507 e. The summed E-state index contributed by atoms with van der Waals surface area (Å²) in [6, 6.07) is 7.97. The van der Waals surface area contributed by atoms with Crippen molar-refractivity contribution in [1.82, 2.24) is 25.2 Å². The van der Waals surface area contributed by atoms with Gasteiger partial charge in [-0.3, -0.25) is 9.45 Å². The number of benzene rings is 3. The predicted molar refractivity (Wildman–Crippen MR) is 212 cm³/mol. The molecule has 306 valence electrons. The number of phenols is 1. The second kappa shape index (κ2) is 27.1. The molecule has 0 saturated carbocycles. The standard InChI is InChI=1S/C19H14ClN7O10S3.C6H15N3.3C2H6/c20-18-22-7-23-19(25-18)24-9-1-2-13(39-37-35-30)11(5-9)26-27-17-14(40(31,32)33)4-8-3-10(38-36-34-29)6-12(28)15(8)16(17)21;7-1-4-9-5-2-8-3-6-9;3*1-2/h1-7,28-30H,21H2,(H,31,32,33)(H,22,23,24,25);8H,1-7H2;3*1-2H3. The van der Waals surface area contributed by atoms with Crippen molar-refractivity contribution in [3.05, 3.63) is 48.0 Å². The highest BCUT2D eigenvalue weighted by atomic mass is 35.5. The van der Waals surface area contributed by atoms with Gasteiger partial charge >= 0.3 is 0 Å². The van der Waals surface area contributed by atoms with Crippen molar-refractivity contribution >= 4 is 85.3 Å². The molecule has 1 aromatic heterocycles. The lowest BCUT2D eigenvalue weighted by molar-refractivity contribution is -0.432. The topological polar surface area (TPSA) is 295 Å². The van der Waals surface area contributed by atoms with Crippen molar-refractivity contribution in [1.29, 1.82) is 0 Å². The van der Waals surface area contributed by atoms with Gasteiger partial charge in [0.25, 0.3) is 10.1 Å². The van der Waals surface area contributed by atoms with Crippen LogP contribution < -0.4 is 22.1 Å². The van der Waals surface area contributed by atoms with Gasteiger partial charge in [-0.15, -0.1) is 18.9 Å². The van der Waals surface area contributed by atoms with Crippen molar-refractivity contribution in [2.24, 2.45) is 16.0 Å². The summed E-state index contributed by atoms with van der Waals surface area (Å²) >= 11 is 6.80. The molecule has 1 aliphatic rings. The van der Waals surface area contributed by atoms with Gasteiger partial charge in [-0.25, -0.2) is 20.5 Å². The predicted octanol–water partition coefficient (Wildman–Crippen LogP) is 7.16. The Labute approximate surface area is 332 Å². The molecule has 0 radical (unpaired) electrons. The molecule has 1 saturated heterocycles. The normalized spacial score (nSPS) is 12.6. The van der Waals surface area contributed by atoms with E-state index in [1.54, 1.807) is 6.07 Å². The van der Waals surface area contributed by atoms with E-state index in [0.29, 0.717) is 29.8 Å². The number of nitrogens with two attached hydrogens (primary N) is 2. The van der Waals surface area contributed by atoms with E-state index in [1.165, 1.54) is 30.6 Å². The Morgan fingerprint density at radius 1 is 0.982 bits per heavy atom. The lowest BCUT2D eigenvalue weighted by Gasteiger charge is -2.26. The van der Waals surface area contributed by atoms with Crippen LogP contribution in [0.4, 0.5) is 28.7 Å². The van der Waals surface area contributed by atoms with Crippen molar-refractivity contribution in [3.63, 3.8) is 0 Å². The summed E-state index contributed by atoms with van der Waals surface area (Å²) in [4.78, 5) is 13.6. The molecule has 0 aliphatic carbocycles. The van der Waals surface area contributed by atoms with E-state index in [9.17, 15) is 18.1 Å². The van der Waals surface area contributed by atoms with Crippen LogP contribution in [0.1, 0.15) is 41.5 Å². The van der Waals surface area contributed by atoms with Crippen LogP contribution in [0.25, 0.3) is 10.8 Å². The number of fused-ring (bicyclic) bond motifs is 1. The molecule has 10 N–H and O–H groups in total. The summed E-state index contributed by atoms with van der Waals surface area (Å²) in [5.41, 5.74) is 11.1. The van der Waals surface area contributed by atoms with Gasteiger partial charge in [0.05, 0.1) is 34.7 Å². The number of nitrogens with one attached hydrogen (secondary N) is 2. The first kappa shape index (κ1) is 49.5. The van der Waals surface area contributed by atoms with Gasteiger partial charge in [0, 0.05) is 55.2 Å². The molecule has 0 atom stereocenters. The fourth-order valence-electron chi connectivity index (χ4n) is 4.37. The van der Waals surface area contributed by atoms with Crippen molar-refractivity contribution in [2.45, 2.75) is 56.2 Å². The molecule has 0 amide bonds. The Morgan fingerprint density at radius 3 is 2.24 bits per heavy atom. The largest absolute Gasteiger partial charge is 0.507 e. The maximum atomic E-state index is 12.2. The Balaban J connectivity index is 0.000000858. The quantitative estimate of drug-likeness (QED) is 0.0165. The second-order valence-electron chi connectivity index (χ2n) is 9.57. The fraction of sp³-hybridized carbons (Fsp3) is 0.387. The lowest BCUT2D eigenvalue weighted by atomic mass is 10.1. The van der Waals surface area contributed by atoms with Crippen molar-refractivity contribution < 1.29 is 47.3 Å². The third-order valence-corrected chi connectivity index (χ3v) is 8.69. The average molecular weight is 851 g/mol. The van der Waals surface area contributed by atoms with E-state index in [2.05, 4.69) is 59.5 Å². The molecular weight excluding hydrogens is 804 g/mol. The molecule has 2 heterocycles. The summed E-state index contributed by atoms with van der Waals surface area (Å²) in [6.07, 6.45) is 1.18. The molecule has 0 bridgehead atoms. The summed E-state index contributed by atoms with van der Waals surface area (Å²) in [6.45, 7) is 18.4. The molecular formula is C31H47ClN10O10S3. The van der Waals surface area contributed by atoms with E-state index >= 15 is 0 Å². The van der Waals surface area contributed by atoms with Crippen LogP contribution in [0.5, 0.6) is 5.75 Å². The highest BCUT2D eigenvalue weighted by molar-refractivity contribution is 7.94. The molecule has 24 heteroatoms. The number of anilines is 3. The van der Waals surface area contributed by atoms with Crippen molar-refractivity contribution in [2.75, 3.05) is 50.3 Å². The molecule has 0 spiro atoms. The van der Waals surface area contributed by atoms with Crippen LogP contribution in [-0.2, 0) is 28.9 Å². The second-order valence-corrected chi connectivity index (χ2v) is 12.8. The summed E-state index contributed by atoms with van der Waals surface area (Å²) in [5, 5.41) is 48.7. The van der Waals surface area contributed by atoms with Gasteiger partial charge in [0.1, 0.15) is 28.3 Å². The minimum absolute atomic E-state index is 0.0237. The zero-order valence-corrected chi connectivity index (χ0v) is 34.2. The molecule has 20 nitrogen and oxygen atoms in total. The van der Waals surface area contributed by atoms with Gasteiger partial charge in [-0.1, -0.05) is 51.6 Å². The number of hydrogen-bond acceptors (Lipinski definition) is 21. The summed E-state index contributed by atoms with van der Waals surface area (Å²) in [7, 11) is -4.92. The maximum absolute atomic E-state index is 12.2. The van der Waals surface area contributed by atoms with Crippen LogP contribution in [-0.4, -0.2) is 87.7 Å². The van der Waals surface area contributed by atoms with E-state index < -0.39 is 26.5 Å². The maximum Gasteiger partial charge on any atom is 0.296 e. The number of azo groups is 1. The number of hydrogen-bond donors (Lipinski definition) is 8. The third kappa shape index (κ3) is 16.2. The van der Waals surface area contributed by atoms with E-state index in [0.717, 1.165) is 45.3 Å². The van der Waals surface area contributed by atoms with Crippen LogP contribution in [0.15, 0.2) is 67.6 Å². The Hall–Kier alpha value is -3.53. The minimum atomic E-state index is -4.92. The fourth-order valence-corrected chi connectivity index (χ4v) is 6.03. The van der Waals surface area contributed by atoms with Crippen LogP contribution in [0.2, 0.25) is 5.28 Å². The molecule has 1 aliphatic heterocycles. The molecule has 0 unspecified atom stereocenters. The monoisotopic (exact) mass is 850 g/mol. The number of piperazine rings is 1. The smallest absolute Gasteiger partial charge is 0.296 e. The van der Waals surface area contributed by atoms with E-state index in [-0.39, 0.29) is 43.2 Å². The van der Waals surface area contributed by atoms with E-state index in [4.69, 9.17) is 33.6 Å². The highest BCUT2D eigenvalue weighted by Crippen LogP contribution is 2.44. The summed E-state index contributed by atoms with van der Waals surface area (Å²) in [5.74, 6) is -0.320. The van der Waals surface area contributed by atoms with Crippen LogP contribution in [0, 0.1) is 0 Å². The zero-order chi connectivity index (χ0) is 41.4. The molecule has 5 rings (SSSR count).